The highest BCUT2D eigenvalue weighted by molar-refractivity contribution is 8.00. The highest BCUT2D eigenvalue weighted by Crippen LogP contribution is 2.42. The van der Waals surface area contributed by atoms with Crippen molar-refractivity contribution in [3.8, 4) is 0 Å². The molecule has 23 heavy (non-hydrogen) atoms. The van der Waals surface area contributed by atoms with E-state index in [2.05, 4.69) is 33.9 Å². The van der Waals surface area contributed by atoms with Gasteiger partial charge >= 0.3 is 0 Å². The molecule has 0 amide bonds. The van der Waals surface area contributed by atoms with Crippen molar-refractivity contribution in [1.82, 2.24) is 15.2 Å². The maximum absolute atomic E-state index is 4.88. The molecule has 1 aromatic heterocycles. The second-order valence-electron chi connectivity index (χ2n) is 6.43. The fourth-order valence-electron chi connectivity index (χ4n) is 3.58. The average molecular weight is 353 g/mol. The number of thiazole rings is 1. The normalized spacial score (nSPS) is 21.6. The van der Waals surface area contributed by atoms with Crippen molar-refractivity contribution < 1.29 is 0 Å². The van der Waals surface area contributed by atoms with Crippen molar-refractivity contribution >= 4 is 29.1 Å². The first-order chi connectivity index (χ1) is 11.3. The van der Waals surface area contributed by atoms with Gasteiger partial charge in [-0.05, 0) is 19.8 Å². The van der Waals surface area contributed by atoms with Gasteiger partial charge in [0.2, 0.25) is 0 Å². The lowest BCUT2D eigenvalue weighted by Crippen LogP contribution is -2.53. The zero-order valence-corrected chi connectivity index (χ0v) is 15.7. The van der Waals surface area contributed by atoms with Crippen molar-refractivity contribution in [2.45, 2.75) is 50.2 Å². The van der Waals surface area contributed by atoms with Crippen LogP contribution in [0.3, 0.4) is 0 Å². The standard InChI is InChI=1S/C17H28N4S2/c1-2-18-16(20-9-6-15-19-10-12-22-15)21-11-13-23-17(14-21)7-4-3-5-8-17/h10,12H,2-9,11,13-14H2,1H3,(H,18,20). The molecule has 2 aliphatic rings. The van der Waals surface area contributed by atoms with Crippen LogP contribution in [-0.4, -0.2) is 52.5 Å². The minimum atomic E-state index is 0.488. The third-order valence-corrected chi connectivity index (χ3v) is 7.09. The minimum absolute atomic E-state index is 0.488. The molecular formula is C17H28N4S2. The van der Waals surface area contributed by atoms with E-state index in [1.54, 1.807) is 11.3 Å². The molecule has 6 heteroatoms. The number of hydrogen-bond acceptors (Lipinski definition) is 4. The van der Waals surface area contributed by atoms with E-state index in [4.69, 9.17) is 4.99 Å². The lowest BCUT2D eigenvalue weighted by Gasteiger charge is -2.45. The summed E-state index contributed by atoms with van der Waals surface area (Å²) in [4.78, 5) is 11.7. The lowest BCUT2D eigenvalue weighted by molar-refractivity contribution is 0.293. The topological polar surface area (TPSA) is 40.5 Å². The third kappa shape index (κ3) is 4.63. The van der Waals surface area contributed by atoms with E-state index in [1.807, 2.05) is 11.6 Å². The van der Waals surface area contributed by atoms with Gasteiger partial charge in [0, 0.05) is 54.7 Å². The van der Waals surface area contributed by atoms with Gasteiger partial charge in [-0.15, -0.1) is 11.3 Å². The van der Waals surface area contributed by atoms with Gasteiger partial charge in [-0.2, -0.15) is 11.8 Å². The maximum Gasteiger partial charge on any atom is 0.194 e. The Bertz CT molecular complexity index is 489. The van der Waals surface area contributed by atoms with Gasteiger partial charge in [0.25, 0.3) is 0 Å². The van der Waals surface area contributed by atoms with Gasteiger partial charge in [-0.1, -0.05) is 19.3 Å². The monoisotopic (exact) mass is 352 g/mol. The van der Waals surface area contributed by atoms with Gasteiger partial charge in [-0.3, -0.25) is 4.99 Å². The Hall–Kier alpha value is -0.750. The van der Waals surface area contributed by atoms with Crippen molar-refractivity contribution in [3.05, 3.63) is 16.6 Å². The predicted octanol–water partition coefficient (Wildman–Crippen LogP) is 3.40. The zero-order valence-electron chi connectivity index (χ0n) is 14.1. The summed E-state index contributed by atoms with van der Waals surface area (Å²) >= 11 is 3.94. The lowest BCUT2D eigenvalue weighted by atomic mass is 9.87. The Morgan fingerprint density at radius 2 is 2.26 bits per heavy atom. The first-order valence-electron chi connectivity index (χ1n) is 8.87. The second-order valence-corrected chi connectivity index (χ2v) is 8.97. The number of nitrogens with zero attached hydrogens (tertiary/aromatic N) is 3. The Morgan fingerprint density at radius 1 is 1.39 bits per heavy atom. The summed E-state index contributed by atoms with van der Waals surface area (Å²) < 4.78 is 0.488. The number of rotatable bonds is 4. The summed E-state index contributed by atoms with van der Waals surface area (Å²) in [5, 5.41) is 6.73. The summed E-state index contributed by atoms with van der Waals surface area (Å²) in [7, 11) is 0. The van der Waals surface area contributed by atoms with Gasteiger partial charge in [0.1, 0.15) is 0 Å². The number of nitrogens with one attached hydrogen (secondary N) is 1. The minimum Gasteiger partial charge on any atom is -0.357 e. The van der Waals surface area contributed by atoms with Crippen LogP contribution in [0.2, 0.25) is 0 Å². The van der Waals surface area contributed by atoms with E-state index in [1.165, 1.54) is 49.4 Å². The summed E-state index contributed by atoms with van der Waals surface area (Å²) in [6.45, 7) is 6.21. The maximum atomic E-state index is 4.88. The molecule has 0 radical (unpaired) electrons. The average Bonchev–Trinajstić information content (AvgIpc) is 3.08. The number of thioether (sulfide) groups is 1. The van der Waals surface area contributed by atoms with Crippen molar-refractivity contribution in [2.75, 3.05) is 31.9 Å². The van der Waals surface area contributed by atoms with Gasteiger partial charge in [-0.25, -0.2) is 4.98 Å². The van der Waals surface area contributed by atoms with E-state index in [0.717, 1.165) is 32.0 Å². The molecule has 1 aliphatic carbocycles. The Balaban J connectivity index is 1.62. The van der Waals surface area contributed by atoms with Crippen molar-refractivity contribution in [1.29, 1.82) is 0 Å². The molecule has 0 unspecified atom stereocenters. The van der Waals surface area contributed by atoms with Crippen LogP contribution in [0.5, 0.6) is 0 Å². The van der Waals surface area contributed by atoms with Gasteiger partial charge in [0.05, 0.1) is 5.01 Å². The molecular weight excluding hydrogens is 324 g/mol. The van der Waals surface area contributed by atoms with Crippen molar-refractivity contribution in [3.63, 3.8) is 0 Å². The summed E-state index contributed by atoms with van der Waals surface area (Å²) in [6, 6.07) is 0. The Morgan fingerprint density at radius 3 is 3.00 bits per heavy atom. The van der Waals surface area contributed by atoms with Crippen LogP contribution in [0.25, 0.3) is 0 Å². The number of aromatic nitrogens is 1. The molecule has 1 aliphatic heterocycles. The smallest absolute Gasteiger partial charge is 0.194 e. The molecule has 4 nitrogen and oxygen atoms in total. The van der Waals surface area contributed by atoms with Crippen LogP contribution in [0.1, 0.15) is 44.0 Å². The molecule has 1 saturated carbocycles. The van der Waals surface area contributed by atoms with E-state index in [9.17, 15) is 0 Å². The first kappa shape index (κ1) is 17.1. The molecule has 1 spiro atoms. The molecule has 0 atom stereocenters. The number of aliphatic imine (C=N–C) groups is 1. The molecule has 2 heterocycles. The predicted molar refractivity (Wildman–Crippen MR) is 102 cm³/mol. The summed E-state index contributed by atoms with van der Waals surface area (Å²) in [5.74, 6) is 2.34. The van der Waals surface area contributed by atoms with Crippen LogP contribution < -0.4 is 5.32 Å². The Labute approximate surface area is 148 Å². The molecule has 1 saturated heterocycles. The highest BCUT2D eigenvalue weighted by Gasteiger charge is 2.38. The van der Waals surface area contributed by atoms with Crippen LogP contribution in [0, 0.1) is 0 Å². The van der Waals surface area contributed by atoms with Crippen LogP contribution in [0.15, 0.2) is 16.6 Å². The SMILES string of the molecule is CCNC(=NCCc1nccs1)N1CCSC2(CCCCC2)C1. The largest absolute Gasteiger partial charge is 0.357 e. The zero-order chi connectivity index (χ0) is 16.0. The molecule has 1 aromatic rings. The van der Waals surface area contributed by atoms with E-state index in [-0.39, 0.29) is 0 Å². The third-order valence-electron chi connectivity index (χ3n) is 4.72. The van der Waals surface area contributed by atoms with Crippen LogP contribution in [-0.2, 0) is 6.42 Å². The van der Waals surface area contributed by atoms with Gasteiger partial charge in [0.15, 0.2) is 5.96 Å². The molecule has 3 rings (SSSR count). The fraction of sp³-hybridized carbons (Fsp3) is 0.765. The molecule has 128 valence electrons. The quantitative estimate of drug-likeness (QED) is 0.666. The van der Waals surface area contributed by atoms with Crippen molar-refractivity contribution in [2.24, 2.45) is 4.99 Å². The summed E-state index contributed by atoms with van der Waals surface area (Å²) in [5.41, 5.74) is 0. The van der Waals surface area contributed by atoms with E-state index < -0.39 is 0 Å². The second kappa shape index (κ2) is 8.38. The Kier molecular flexibility index (Phi) is 6.22. The van der Waals surface area contributed by atoms with E-state index >= 15 is 0 Å². The number of guanidine groups is 1. The summed E-state index contributed by atoms with van der Waals surface area (Å²) in [6.07, 6.45) is 9.81. The first-order valence-corrected chi connectivity index (χ1v) is 10.7. The highest BCUT2D eigenvalue weighted by atomic mass is 32.2. The fourth-order valence-corrected chi connectivity index (χ4v) is 5.76. The molecule has 1 N–H and O–H groups in total. The molecule has 0 aromatic carbocycles. The number of hydrogen-bond donors (Lipinski definition) is 1. The molecule has 0 bridgehead atoms. The van der Waals surface area contributed by atoms with Gasteiger partial charge < -0.3 is 10.2 Å². The van der Waals surface area contributed by atoms with E-state index in [0.29, 0.717) is 4.75 Å². The molecule has 2 fully saturated rings. The van der Waals surface area contributed by atoms with Crippen LogP contribution in [0.4, 0.5) is 0 Å². The van der Waals surface area contributed by atoms with Crippen LogP contribution >= 0.6 is 23.1 Å².